The van der Waals surface area contributed by atoms with Crippen molar-refractivity contribution in [3.05, 3.63) is 102 Å². The van der Waals surface area contributed by atoms with Crippen LogP contribution in [0.3, 0.4) is 0 Å². The molecular formula is C29H37Cl2N5. The van der Waals surface area contributed by atoms with Crippen molar-refractivity contribution in [3.63, 3.8) is 0 Å². The Hall–Kier alpha value is -2.57. The molecule has 3 aromatic rings. The van der Waals surface area contributed by atoms with E-state index in [1.807, 2.05) is 7.05 Å². The number of para-hydroxylation sites is 1. The molecular weight excluding hydrogens is 489 g/mol. The van der Waals surface area contributed by atoms with Gasteiger partial charge in [-0.1, -0.05) is 78.9 Å². The number of benzene rings is 3. The van der Waals surface area contributed by atoms with Gasteiger partial charge in [0, 0.05) is 44.2 Å². The highest BCUT2D eigenvalue weighted by Crippen LogP contribution is 2.31. The second kappa shape index (κ2) is 13.1. The molecule has 0 saturated carbocycles. The molecule has 0 aromatic heterocycles. The Bertz CT molecular complexity index is 1060. The Morgan fingerprint density at radius 3 is 1.97 bits per heavy atom. The van der Waals surface area contributed by atoms with Gasteiger partial charge in [-0.3, -0.25) is 5.32 Å². The predicted molar refractivity (Wildman–Crippen MR) is 156 cm³/mol. The third-order valence-electron chi connectivity index (χ3n) is 7.20. The van der Waals surface area contributed by atoms with Crippen LogP contribution in [0.15, 0.2) is 89.9 Å². The van der Waals surface area contributed by atoms with Crippen LogP contribution in [0.1, 0.15) is 41.6 Å². The molecule has 7 heteroatoms. The smallest absolute Gasteiger partial charge is 0.200 e. The number of likely N-dealkylation sites (tertiary alicyclic amines) is 1. The van der Waals surface area contributed by atoms with Crippen LogP contribution in [0.4, 0.5) is 5.69 Å². The van der Waals surface area contributed by atoms with Crippen molar-refractivity contribution >= 4 is 36.5 Å². The van der Waals surface area contributed by atoms with Crippen LogP contribution in [-0.4, -0.2) is 50.6 Å². The van der Waals surface area contributed by atoms with Gasteiger partial charge in [0.25, 0.3) is 0 Å². The third-order valence-corrected chi connectivity index (χ3v) is 7.20. The topological polar surface area (TPSA) is 42.9 Å². The van der Waals surface area contributed by atoms with Crippen LogP contribution < -0.4 is 15.5 Å². The first kappa shape index (κ1) is 28.0. The fourth-order valence-corrected chi connectivity index (χ4v) is 5.25. The number of rotatable bonds is 6. The minimum atomic E-state index is -0.00695. The van der Waals surface area contributed by atoms with Gasteiger partial charge in [-0.2, -0.15) is 0 Å². The van der Waals surface area contributed by atoms with E-state index in [1.54, 1.807) is 0 Å². The van der Waals surface area contributed by atoms with E-state index in [9.17, 15) is 0 Å². The predicted octanol–water partition coefficient (Wildman–Crippen LogP) is 5.44. The molecule has 2 aliphatic rings. The number of piperidine rings is 1. The summed E-state index contributed by atoms with van der Waals surface area (Å²) in [7, 11) is 4.08. The molecule has 0 spiro atoms. The molecule has 1 saturated heterocycles. The molecule has 1 unspecified atom stereocenters. The van der Waals surface area contributed by atoms with Crippen LogP contribution >= 0.6 is 24.8 Å². The molecule has 3 aromatic carbocycles. The summed E-state index contributed by atoms with van der Waals surface area (Å²) in [5, 5.41) is 7.10. The largest absolute Gasteiger partial charge is 0.353 e. The average molecular weight is 527 g/mol. The first-order chi connectivity index (χ1) is 16.7. The molecule has 36 heavy (non-hydrogen) atoms. The summed E-state index contributed by atoms with van der Waals surface area (Å²) in [6.07, 6.45) is 2.23. The van der Waals surface area contributed by atoms with E-state index in [0.29, 0.717) is 12.0 Å². The van der Waals surface area contributed by atoms with Crippen LogP contribution in [0.25, 0.3) is 0 Å². The minimum Gasteiger partial charge on any atom is -0.353 e. The number of halogens is 2. The Morgan fingerprint density at radius 2 is 1.39 bits per heavy atom. The molecule has 1 fully saturated rings. The summed E-state index contributed by atoms with van der Waals surface area (Å²) < 4.78 is 0. The Morgan fingerprint density at radius 1 is 0.833 bits per heavy atom. The lowest BCUT2D eigenvalue weighted by molar-refractivity contribution is 0.201. The normalized spacial score (nSPS) is 18.0. The molecule has 2 aliphatic heterocycles. The van der Waals surface area contributed by atoms with Crippen molar-refractivity contribution in [1.29, 1.82) is 0 Å². The van der Waals surface area contributed by atoms with Crippen molar-refractivity contribution < 1.29 is 0 Å². The number of guanidine groups is 1. The standard InChI is InChI=1S/C29H35N5.2ClH/c1-30-28-25-15-9-10-16-27(25)33(2)29(32-28)31-24-17-19-34(20-18-24)21-26(22-11-5-3-6-12-22)23-13-7-4-8-14-23;;/h3-16,24,26,28,30H,17-21H2,1-2H3,(H,31,32);2*1H. The maximum atomic E-state index is 4.97. The summed E-state index contributed by atoms with van der Waals surface area (Å²) in [6, 6.07) is 30.8. The molecule has 2 N–H and O–H groups in total. The number of hydrogen-bond acceptors (Lipinski definition) is 5. The molecule has 0 bridgehead atoms. The Kier molecular flexibility index (Phi) is 10.2. The van der Waals surface area contributed by atoms with Gasteiger partial charge in [-0.15, -0.1) is 24.8 Å². The molecule has 192 valence electrons. The van der Waals surface area contributed by atoms with Gasteiger partial charge in [-0.25, -0.2) is 4.99 Å². The first-order valence-electron chi connectivity index (χ1n) is 12.4. The lowest BCUT2D eigenvalue weighted by Crippen LogP contribution is -2.51. The summed E-state index contributed by atoms with van der Waals surface area (Å²) >= 11 is 0. The number of anilines is 1. The van der Waals surface area contributed by atoms with Gasteiger partial charge in [0.05, 0.1) is 5.69 Å². The van der Waals surface area contributed by atoms with E-state index >= 15 is 0 Å². The Labute approximate surface area is 227 Å². The van der Waals surface area contributed by atoms with Gasteiger partial charge < -0.3 is 15.1 Å². The summed E-state index contributed by atoms with van der Waals surface area (Å²) in [5.41, 5.74) is 5.22. The SMILES string of the molecule is CNC1N=C(NC2CCN(CC(c3ccccc3)c3ccccc3)CC2)N(C)c2ccccc21.Cl.Cl. The van der Waals surface area contributed by atoms with E-state index in [2.05, 4.69) is 112 Å². The zero-order valence-electron chi connectivity index (χ0n) is 21.0. The monoisotopic (exact) mass is 525 g/mol. The molecule has 0 radical (unpaired) electrons. The molecule has 5 rings (SSSR count). The summed E-state index contributed by atoms with van der Waals surface area (Å²) in [6.45, 7) is 3.24. The van der Waals surface area contributed by atoms with Crippen LogP contribution in [0.2, 0.25) is 0 Å². The maximum Gasteiger partial charge on any atom is 0.200 e. The van der Waals surface area contributed by atoms with Gasteiger partial charge in [0.1, 0.15) is 6.17 Å². The fraction of sp³-hybridized carbons (Fsp3) is 0.345. The number of hydrogen-bond donors (Lipinski definition) is 2. The molecule has 0 aliphatic carbocycles. The second-order valence-corrected chi connectivity index (χ2v) is 9.35. The highest BCUT2D eigenvalue weighted by Gasteiger charge is 2.28. The molecule has 2 heterocycles. The number of aliphatic imine (C=N–C) groups is 1. The fourth-order valence-electron chi connectivity index (χ4n) is 5.25. The van der Waals surface area contributed by atoms with Crippen LogP contribution in [0.5, 0.6) is 0 Å². The highest BCUT2D eigenvalue weighted by atomic mass is 35.5. The van der Waals surface area contributed by atoms with E-state index in [0.717, 1.165) is 38.4 Å². The van der Waals surface area contributed by atoms with Crippen molar-refractivity contribution in [2.45, 2.75) is 31.0 Å². The van der Waals surface area contributed by atoms with Crippen LogP contribution in [0, 0.1) is 0 Å². The van der Waals surface area contributed by atoms with E-state index in [4.69, 9.17) is 4.99 Å². The lowest BCUT2D eigenvalue weighted by Gasteiger charge is -2.38. The second-order valence-electron chi connectivity index (χ2n) is 9.35. The van der Waals surface area contributed by atoms with Gasteiger partial charge in [0.2, 0.25) is 0 Å². The number of nitrogens with zero attached hydrogens (tertiary/aromatic N) is 3. The Balaban J connectivity index is 0.00000180. The van der Waals surface area contributed by atoms with Crippen molar-refractivity contribution in [1.82, 2.24) is 15.5 Å². The zero-order valence-corrected chi connectivity index (χ0v) is 22.6. The maximum absolute atomic E-state index is 4.97. The van der Waals surface area contributed by atoms with E-state index < -0.39 is 0 Å². The van der Waals surface area contributed by atoms with Crippen molar-refractivity contribution in [2.24, 2.45) is 4.99 Å². The van der Waals surface area contributed by atoms with Gasteiger partial charge in [0.15, 0.2) is 5.96 Å². The summed E-state index contributed by atoms with van der Waals surface area (Å²) in [5.74, 6) is 1.36. The zero-order chi connectivity index (χ0) is 23.3. The number of fused-ring (bicyclic) bond motifs is 1. The van der Waals surface area contributed by atoms with Gasteiger partial charge in [-0.05, 0) is 37.1 Å². The minimum absolute atomic E-state index is 0. The molecule has 0 amide bonds. The molecule has 5 nitrogen and oxygen atoms in total. The molecule has 1 atom stereocenters. The van der Waals surface area contributed by atoms with E-state index in [-0.39, 0.29) is 31.0 Å². The third kappa shape index (κ3) is 6.22. The van der Waals surface area contributed by atoms with E-state index in [1.165, 1.54) is 22.4 Å². The first-order valence-corrected chi connectivity index (χ1v) is 12.4. The average Bonchev–Trinajstić information content (AvgIpc) is 2.91. The van der Waals surface area contributed by atoms with Crippen LogP contribution in [-0.2, 0) is 0 Å². The number of nitrogens with one attached hydrogen (secondary N) is 2. The van der Waals surface area contributed by atoms with Crippen molar-refractivity contribution in [2.75, 3.05) is 38.6 Å². The van der Waals surface area contributed by atoms with Gasteiger partial charge >= 0.3 is 0 Å². The summed E-state index contributed by atoms with van der Waals surface area (Å²) in [4.78, 5) is 9.79. The quantitative estimate of drug-likeness (QED) is 0.449. The van der Waals surface area contributed by atoms with Crippen molar-refractivity contribution in [3.8, 4) is 0 Å². The lowest BCUT2D eigenvalue weighted by atomic mass is 9.90. The highest BCUT2D eigenvalue weighted by molar-refractivity contribution is 5.98.